The molecule has 0 heterocycles. The van der Waals surface area contributed by atoms with Crippen LogP contribution in [0.1, 0.15) is 26.3 Å². The molecule has 0 aliphatic heterocycles. The normalized spacial score (nSPS) is 10.3. The van der Waals surface area contributed by atoms with Crippen molar-refractivity contribution < 1.29 is 18.3 Å². The quantitative estimate of drug-likeness (QED) is 0.572. The maximum atomic E-state index is 12.3. The monoisotopic (exact) mass is 315 g/mol. The first-order valence-corrected chi connectivity index (χ1v) is 7.33. The summed E-state index contributed by atoms with van der Waals surface area (Å²) in [6, 6.07) is 4.83. The van der Waals surface area contributed by atoms with E-state index in [0.717, 1.165) is 18.7 Å². The van der Waals surface area contributed by atoms with Gasteiger partial charge in [-0.3, -0.25) is 0 Å². The second-order valence-electron chi connectivity index (χ2n) is 4.32. The Morgan fingerprint density at radius 2 is 1.82 bits per heavy atom. The number of halogens is 2. The Morgan fingerprint density at radius 1 is 1.14 bits per heavy atom. The molecule has 1 aromatic carbocycles. The standard InChI is InChI=1S/C15H23F2N3O2/c1-4-18-15(19-5-2)20-10-11-7-8-12(22-14(16)17)13(9-11)21-6-3/h7-9,14H,4-6,10H2,1-3H3,(H2,18,19,20). The summed E-state index contributed by atoms with van der Waals surface area (Å²) < 4.78 is 34.5. The summed E-state index contributed by atoms with van der Waals surface area (Å²) in [5.41, 5.74) is 0.846. The molecule has 1 aromatic rings. The van der Waals surface area contributed by atoms with Gasteiger partial charge >= 0.3 is 6.61 Å². The van der Waals surface area contributed by atoms with Gasteiger partial charge in [0.1, 0.15) is 0 Å². The minimum Gasteiger partial charge on any atom is -0.490 e. The van der Waals surface area contributed by atoms with E-state index in [9.17, 15) is 8.78 Å². The largest absolute Gasteiger partial charge is 0.490 e. The Balaban J connectivity index is 2.86. The van der Waals surface area contributed by atoms with E-state index >= 15 is 0 Å². The summed E-state index contributed by atoms with van der Waals surface area (Å²) in [6.07, 6.45) is 0. The van der Waals surface area contributed by atoms with E-state index in [4.69, 9.17) is 4.74 Å². The summed E-state index contributed by atoms with van der Waals surface area (Å²) in [5, 5.41) is 6.23. The van der Waals surface area contributed by atoms with Crippen LogP contribution >= 0.6 is 0 Å². The third-order valence-corrected chi connectivity index (χ3v) is 2.63. The molecule has 0 saturated heterocycles. The van der Waals surface area contributed by atoms with Crippen molar-refractivity contribution in [3.05, 3.63) is 23.8 Å². The van der Waals surface area contributed by atoms with Crippen molar-refractivity contribution in [2.24, 2.45) is 4.99 Å². The Kier molecular flexibility index (Phi) is 8.03. The molecule has 124 valence electrons. The number of hydrogen-bond donors (Lipinski definition) is 2. The van der Waals surface area contributed by atoms with Crippen molar-refractivity contribution in [2.75, 3.05) is 19.7 Å². The molecule has 7 heteroatoms. The van der Waals surface area contributed by atoms with Gasteiger partial charge in [-0.1, -0.05) is 6.07 Å². The van der Waals surface area contributed by atoms with Gasteiger partial charge in [0.15, 0.2) is 17.5 Å². The lowest BCUT2D eigenvalue weighted by atomic mass is 10.2. The SMILES string of the molecule is CCNC(=NCc1ccc(OC(F)F)c(OCC)c1)NCC. The molecule has 0 spiro atoms. The highest BCUT2D eigenvalue weighted by atomic mass is 19.3. The molecule has 0 fully saturated rings. The van der Waals surface area contributed by atoms with Gasteiger partial charge in [0.05, 0.1) is 13.2 Å². The molecular weight excluding hydrogens is 292 g/mol. The fraction of sp³-hybridized carbons (Fsp3) is 0.533. The Hall–Kier alpha value is -2.05. The fourth-order valence-corrected chi connectivity index (χ4v) is 1.79. The molecule has 0 aliphatic carbocycles. The van der Waals surface area contributed by atoms with Gasteiger partial charge in [-0.05, 0) is 38.5 Å². The van der Waals surface area contributed by atoms with Crippen LogP contribution in [-0.4, -0.2) is 32.3 Å². The average molecular weight is 315 g/mol. The van der Waals surface area contributed by atoms with E-state index in [1.165, 1.54) is 6.07 Å². The first kappa shape index (κ1) is 18.0. The van der Waals surface area contributed by atoms with E-state index in [-0.39, 0.29) is 5.75 Å². The molecule has 0 aromatic heterocycles. The van der Waals surface area contributed by atoms with Gasteiger partial charge in [0.2, 0.25) is 0 Å². The van der Waals surface area contributed by atoms with Crippen molar-refractivity contribution in [3.8, 4) is 11.5 Å². The van der Waals surface area contributed by atoms with Gasteiger partial charge < -0.3 is 20.1 Å². The van der Waals surface area contributed by atoms with Gasteiger partial charge in [0.25, 0.3) is 0 Å². The van der Waals surface area contributed by atoms with E-state index in [1.54, 1.807) is 19.1 Å². The van der Waals surface area contributed by atoms with Crippen LogP contribution in [0, 0.1) is 0 Å². The molecule has 0 bridgehead atoms. The summed E-state index contributed by atoms with van der Waals surface area (Å²) in [7, 11) is 0. The van der Waals surface area contributed by atoms with E-state index < -0.39 is 6.61 Å². The zero-order valence-corrected chi connectivity index (χ0v) is 13.2. The molecule has 0 aliphatic rings. The van der Waals surface area contributed by atoms with Crippen LogP contribution in [0.2, 0.25) is 0 Å². The molecule has 0 amide bonds. The summed E-state index contributed by atoms with van der Waals surface area (Å²) in [6.45, 7) is 5.17. The van der Waals surface area contributed by atoms with Crippen molar-refractivity contribution in [2.45, 2.75) is 33.9 Å². The highest BCUT2D eigenvalue weighted by molar-refractivity contribution is 5.79. The number of nitrogens with one attached hydrogen (secondary N) is 2. The smallest absolute Gasteiger partial charge is 0.387 e. The zero-order chi connectivity index (χ0) is 16.4. The maximum absolute atomic E-state index is 12.3. The lowest BCUT2D eigenvalue weighted by Gasteiger charge is -2.13. The molecule has 0 unspecified atom stereocenters. The average Bonchev–Trinajstić information content (AvgIpc) is 2.47. The van der Waals surface area contributed by atoms with Crippen LogP contribution in [0.15, 0.2) is 23.2 Å². The first-order chi connectivity index (χ1) is 10.6. The molecule has 22 heavy (non-hydrogen) atoms. The number of ether oxygens (including phenoxy) is 2. The van der Waals surface area contributed by atoms with Gasteiger partial charge in [-0.15, -0.1) is 0 Å². The highest BCUT2D eigenvalue weighted by Gasteiger charge is 2.11. The number of alkyl halides is 2. The molecule has 5 nitrogen and oxygen atoms in total. The molecule has 0 radical (unpaired) electrons. The fourth-order valence-electron chi connectivity index (χ4n) is 1.79. The topological polar surface area (TPSA) is 54.9 Å². The predicted octanol–water partition coefficient (Wildman–Crippen LogP) is 2.76. The molecule has 1 rings (SSSR count). The van der Waals surface area contributed by atoms with E-state index in [2.05, 4.69) is 20.4 Å². The molecule has 2 N–H and O–H groups in total. The number of guanidine groups is 1. The van der Waals surface area contributed by atoms with Gasteiger partial charge in [-0.2, -0.15) is 8.78 Å². The van der Waals surface area contributed by atoms with Crippen LogP contribution in [0.4, 0.5) is 8.78 Å². The van der Waals surface area contributed by atoms with Crippen molar-refractivity contribution in [3.63, 3.8) is 0 Å². The molecular formula is C15H23F2N3O2. The Labute approximate surface area is 129 Å². The number of hydrogen-bond acceptors (Lipinski definition) is 3. The number of aliphatic imine (C=N–C) groups is 1. The van der Waals surface area contributed by atoms with Crippen molar-refractivity contribution in [1.29, 1.82) is 0 Å². The number of benzene rings is 1. The lowest BCUT2D eigenvalue weighted by molar-refractivity contribution is -0.0514. The Bertz CT molecular complexity index is 474. The zero-order valence-electron chi connectivity index (χ0n) is 13.2. The second-order valence-corrected chi connectivity index (χ2v) is 4.32. The summed E-state index contributed by atoms with van der Waals surface area (Å²) in [5.74, 6) is 1.03. The third-order valence-electron chi connectivity index (χ3n) is 2.63. The van der Waals surface area contributed by atoms with Crippen LogP contribution in [0.3, 0.4) is 0 Å². The predicted molar refractivity (Wildman–Crippen MR) is 82.7 cm³/mol. The first-order valence-electron chi connectivity index (χ1n) is 7.33. The summed E-state index contributed by atoms with van der Waals surface area (Å²) in [4.78, 5) is 4.42. The second kappa shape index (κ2) is 9.81. The summed E-state index contributed by atoms with van der Waals surface area (Å²) >= 11 is 0. The van der Waals surface area contributed by atoms with Crippen LogP contribution in [0.5, 0.6) is 11.5 Å². The minimum absolute atomic E-state index is 0.0307. The molecule has 0 atom stereocenters. The van der Waals surface area contributed by atoms with E-state index in [1.807, 2.05) is 13.8 Å². The Morgan fingerprint density at radius 3 is 2.36 bits per heavy atom. The van der Waals surface area contributed by atoms with Crippen LogP contribution in [0.25, 0.3) is 0 Å². The van der Waals surface area contributed by atoms with Crippen molar-refractivity contribution in [1.82, 2.24) is 10.6 Å². The lowest BCUT2D eigenvalue weighted by Crippen LogP contribution is -2.36. The van der Waals surface area contributed by atoms with Crippen LogP contribution in [-0.2, 0) is 6.54 Å². The maximum Gasteiger partial charge on any atom is 0.387 e. The third kappa shape index (κ3) is 6.15. The number of rotatable bonds is 8. The minimum atomic E-state index is -2.88. The molecule has 0 saturated carbocycles. The highest BCUT2D eigenvalue weighted by Crippen LogP contribution is 2.30. The number of nitrogens with zero attached hydrogens (tertiary/aromatic N) is 1. The van der Waals surface area contributed by atoms with Gasteiger partial charge in [0, 0.05) is 13.1 Å². The van der Waals surface area contributed by atoms with E-state index in [0.29, 0.717) is 24.9 Å². The van der Waals surface area contributed by atoms with Crippen LogP contribution < -0.4 is 20.1 Å². The van der Waals surface area contributed by atoms with Gasteiger partial charge in [-0.25, -0.2) is 4.99 Å². The van der Waals surface area contributed by atoms with Crippen molar-refractivity contribution >= 4 is 5.96 Å².